The fourth-order valence-corrected chi connectivity index (χ4v) is 4.21. The highest BCUT2D eigenvalue weighted by Gasteiger charge is 2.52. The summed E-state index contributed by atoms with van der Waals surface area (Å²) in [6, 6.07) is 2.54. The molecule has 2 aliphatic rings. The van der Waals surface area contributed by atoms with Crippen molar-refractivity contribution in [1.82, 2.24) is 4.98 Å². The fraction of sp³-hybridized carbons (Fsp3) is 0.571. The SMILES string of the molecule is CC[C@]1(C#N)CC[C@@]2(CNc3ncc(Br)c(Cl)c32)C1. The highest BCUT2D eigenvalue weighted by Crippen LogP contribution is 2.57. The van der Waals surface area contributed by atoms with Crippen molar-refractivity contribution in [2.45, 2.75) is 38.0 Å². The summed E-state index contributed by atoms with van der Waals surface area (Å²) in [5, 5.41) is 13.6. The normalized spacial score (nSPS) is 32.1. The molecule has 1 aromatic rings. The highest BCUT2D eigenvalue weighted by molar-refractivity contribution is 9.10. The largest absolute Gasteiger partial charge is 0.369 e. The molecule has 2 heterocycles. The number of anilines is 1. The summed E-state index contributed by atoms with van der Waals surface area (Å²) in [4.78, 5) is 4.41. The predicted molar refractivity (Wildman–Crippen MR) is 79.3 cm³/mol. The van der Waals surface area contributed by atoms with Gasteiger partial charge >= 0.3 is 0 Å². The Morgan fingerprint density at radius 3 is 3.00 bits per heavy atom. The van der Waals surface area contributed by atoms with E-state index in [-0.39, 0.29) is 10.8 Å². The molecule has 1 saturated carbocycles. The maximum Gasteiger partial charge on any atom is 0.131 e. The second-order valence-corrected chi connectivity index (χ2v) is 6.93. The van der Waals surface area contributed by atoms with Crippen molar-refractivity contribution in [2.24, 2.45) is 5.41 Å². The first-order valence-corrected chi connectivity index (χ1v) is 7.72. The van der Waals surface area contributed by atoms with Gasteiger partial charge in [0.05, 0.1) is 21.0 Å². The lowest BCUT2D eigenvalue weighted by Gasteiger charge is -2.26. The molecular weight excluding hydrogens is 326 g/mol. The van der Waals surface area contributed by atoms with Gasteiger partial charge in [-0.2, -0.15) is 5.26 Å². The van der Waals surface area contributed by atoms with Gasteiger partial charge in [-0.05, 0) is 41.6 Å². The van der Waals surface area contributed by atoms with Gasteiger partial charge in [0.15, 0.2) is 0 Å². The molecule has 2 atom stereocenters. The Kier molecular flexibility index (Phi) is 3.03. The molecule has 3 rings (SSSR count). The molecular formula is C14H15BrClN3. The minimum Gasteiger partial charge on any atom is -0.369 e. The molecule has 1 aromatic heterocycles. The lowest BCUT2D eigenvalue weighted by Crippen LogP contribution is -2.27. The Labute approximate surface area is 126 Å². The molecule has 0 bridgehead atoms. The van der Waals surface area contributed by atoms with Crippen LogP contribution in [0.3, 0.4) is 0 Å². The predicted octanol–water partition coefficient (Wildman–Crippen LogP) is 4.26. The van der Waals surface area contributed by atoms with E-state index in [1.165, 1.54) is 0 Å². The fourth-order valence-electron chi connectivity index (χ4n) is 3.57. The lowest BCUT2D eigenvalue weighted by atomic mass is 9.76. The van der Waals surface area contributed by atoms with Crippen molar-refractivity contribution in [2.75, 3.05) is 11.9 Å². The summed E-state index contributed by atoms with van der Waals surface area (Å²) in [6.07, 6.45) is 5.47. The molecule has 0 saturated heterocycles. The number of nitrogens with one attached hydrogen (secondary N) is 1. The number of fused-ring (bicyclic) bond motifs is 2. The first-order valence-electron chi connectivity index (χ1n) is 6.55. The zero-order valence-corrected chi connectivity index (χ0v) is 13.1. The van der Waals surface area contributed by atoms with Gasteiger partial charge in [-0.3, -0.25) is 0 Å². The van der Waals surface area contributed by atoms with Crippen LogP contribution >= 0.6 is 27.5 Å². The van der Waals surface area contributed by atoms with E-state index in [9.17, 15) is 5.26 Å². The molecule has 0 amide bonds. The third-order valence-corrected chi connectivity index (χ3v) is 5.99. The van der Waals surface area contributed by atoms with Crippen molar-refractivity contribution >= 4 is 33.3 Å². The molecule has 1 N–H and O–H groups in total. The summed E-state index contributed by atoms with van der Waals surface area (Å²) in [5.74, 6) is 0.887. The molecule has 0 radical (unpaired) electrons. The van der Waals surface area contributed by atoms with Gasteiger partial charge in [-0.25, -0.2) is 4.98 Å². The molecule has 1 spiro atoms. The summed E-state index contributed by atoms with van der Waals surface area (Å²) in [7, 11) is 0. The van der Waals surface area contributed by atoms with E-state index in [0.29, 0.717) is 0 Å². The topological polar surface area (TPSA) is 48.7 Å². The second-order valence-electron chi connectivity index (χ2n) is 5.70. The minimum absolute atomic E-state index is 0.0189. The van der Waals surface area contributed by atoms with E-state index >= 15 is 0 Å². The molecule has 0 unspecified atom stereocenters. The smallest absolute Gasteiger partial charge is 0.131 e. The molecule has 100 valence electrons. The van der Waals surface area contributed by atoms with Crippen LogP contribution in [-0.2, 0) is 5.41 Å². The third-order valence-electron chi connectivity index (χ3n) is 4.77. The molecule has 0 aromatic carbocycles. The van der Waals surface area contributed by atoms with Crippen molar-refractivity contribution in [3.8, 4) is 6.07 Å². The van der Waals surface area contributed by atoms with Crippen LogP contribution in [0.5, 0.6) is 0 Å². The Bertz CT molecular complexity index is 583. The van der Waals surface area contributed by atoms with Crippen LogP contribution in [0.25, 0.3) is 0 Å². The molecule has 3 nitrogen and oxygen atoms in total. The second kappa shape index (κ2) is 4.36. The van der Waals surface area contributed by atoms with Gasteiger partial charge in [0.1, 0.15) is 5.82 Å². The maximum atomic E-state index is 9.50. The number of hydrogen-bond acceptors (Lipinski definition) is 3. The van der Waals surface area contributed by atoms with E-state index in [2.05, 4.69) is 39.2 Å². The van der Waals surface area contributed by atoms with E-state index < -0.39 is 0 Å². The van der Waals surface area contributed by atoms with Crippen molar-refractivity contribution in [3.05, 3.63) is 21.3 Å². The highest BCUT2D eigenvalue weighted by atomic mass is 79.9. The zero-order chi connectivity index (χ0) is 13.7. The molecule has 5 heteroatoms. The minimum atomic E-state index is -0.199. The van der Waals surface area contributed by atoms with Crippen LogP contribution in [0.1, 0.15) is 38.2 Å². The Balaban J connectivity index is 2.09. The number of aromatic nitrogens is 1. The molecule has 1 aliphatic heterocycles. The maximum absolute atomic E-state index is 9.50. The Morgan fingerprint density at radius 2 is 2.37 bits per heavy atom. The average Bonchev–Trinajstić information content (AvgIpc) is 2.98. The third kappa shape index (κ3) is 1.79. The van der Waals surface area contributed by atoms with E-state index in [0.717, 1.165) is 53.1 Å². The molecule has 1 aliphatic carbocycles. The number of nitriles is 1. The molecule has 1 fully saturated rings. The molecule has 19 heavy (non-hydrogen) atoms. The summed E-state index contributed by atoms with van der Waals surface area (Å²) < 4.78 is 0.835. The van der Waals surface area contributed by atoms with Crippen LogP contribution < -0.4 is 5.32 Å². The number of pyridine rings is 1. The van der Waals surface area contributed by atoms with Gasteiger partial charge in [0, 0.05) is 23.7 Å². The zero-order valence-electron chi connectivity index (χ0n) is 10.8. The van der Waals surface area contributed by atoms with Gasteiger partial charge in [-0.1, -0.05) is 18.5 Å². The van der Waals surface area contributed by atoms with Crippen molar-refractivity contribution < 1.29 is 0 Å². The van der Waals surface area contributed by atoms with Gasteiger partial charge in [0.2, 0.25) is 0 Å². The number of halogens is 2. The Morgan fingerprint density at radius 1 is 1.58 bits per heavy atom. The van der Waals surface area contributed by atoms with Crippen LogP contribution in [0, 0.1) is 16.7 Å². The first-order chi connectivity index (χ1) is 9.06. The van der Waals surface area contributed by atoms with E-state index in [1.807, 2.05) is 0 Å². The Hall–Kier alpha value is -0.790. The first kappa shape index (κ1) is 13.2. The van der Waals surface area contributed by atoms with Crippen LogP contribution in [-0.4, -0.2) is 11.5 Å². The van der Waals surface area contributed by atoms with Crippen molar-refractivity contribution in [1.29, 1.82) is 5.26 Å². The monoisotopic (exact) mass is 339 g/mol. The van der Waals surface area contributed by atoms with E-state index in [4.69, 9.17) is 11.6 Å². The number of rotatable bonds is 1. The van der Waals surface area contributed by atoms with Gasteiger partial charge in [-0.15, -0.1) is 0 Å². The van der Waals surface area contributed by atoms with E-state index in [1.54, 1.807) is 6.20 Å². The lowest BCUT2D eigenvalue weighted by molar-refractivity contribution is 0.359. The van der Waals surface area contributed by atoms with Crippen LogP contribution in [0.2, 0.25) is 5.02 Å². The quantitative estimate of drug-likeness (QED) is 0.830. The average molecular weight is 341 g/mol. The number of hydrogen-bond donors (Lipinski definition) is 1. The van der Waals surface area contributed by atoms with Crippen molar-refractivity contribution in [3.63, 3.8) is 0 Å². The summed E-state index contributed by atoms with van der Waals surface area (Å²) >= 11 is 9.93. The van der Waals surface area contributed by atoms with Crippen LogP contribution in [0.15, 0.2) is 10.7 Å². The summed E-state index contributed by atoms with van der Waals surface area (Å²) in [6.45, 7) is 2.95. The van der Waals surface area contributed by atoms with Gasteiger partial charge < -0.3 is 5.32 Å². The van der Waals surface area contributed by atoms with Gasteiger partial charge in [0.25, 0.3) is 0 Å². The standard InChI is InChI=1S/C14H15BrClN3/c1-2-13(7-17)3-4-14(6-13)8-19-12-10(14)11(16)9(15)5-18-12/h5H,2-4,6,8H2,1H3,(H,18,19)/t13-,14-/m0/s1. The number of nitrogens with zero attached hydrogens (tertiary/aromatic N) is 2. The van der Waals surface area contributed by atoms with Crippen LogP contribution in [0.4, 0.5) is 5.82 Å². The summed E-state index contributed by atoms with van der Waals surface area (Å²) in [5.41, 5.74) is 0.887.